The van der Waals surface area contributed by atoms with E-state index in [9.17, 15) is 8.42 Å². The Morgan fingerprint density at radius 3 is 1.32 bits per heavy atom. The molecule has 0 aromatic heterocycles. The van der Waals surface area contributed by atoms with E-state index in [-0.39, 0.29) is 11.9 Å². The average molecular weight is 337 g/mol. The predicted octanol–water partition coefficient (Wildman–Crippen LogP) is 4.72. The second-order valence-electron chi connectivity index (χ2n) is 6.52. The summed E-state index contributed by atoms with van der Waals surface area (Å²) < 4.78 is 29.6. The maximum absolute atomic E-state index is 10.5. The number of unbranched alkanes of at least 4 members (excludes halogenated alkanes) is 12. The molecule has 22 heavy (non-hydrogen) atoms. The van der Waals surface area contributed by atoms with Gasteiger partial charge in [-0.25, -0.2) is 0 Å². The Bertz CT molecular complexity index is 326. The van der Waals surface area contributed by atoms with Crippen molar-refractivity contribution in [1.82, 2.24) is 0 Å². The van der Waals surface area contributed by atoms with Gasteiger partial charge in [0.05, 0.1) is 11.9 Å². The predicted molar refractivity (Wildman–Crippen MR) is 92.7 cm³/mol. The highest BCUT2D eigenvalue weighted by Gasteiger charge is 2.02. The summed E-state index contributed by atoms with van der Waals surface area (Å²) in [5.74, 6) is -0.0930. The highest BCUT2D eigenvalue weighted by atomic mass is 32.2. The van der Waals surface area contributed by atoms with Crippen LogP contribution in [0.4, 0.5) is 0 Å². The molecule has 5 heteroatoms. The fourth-order valence-electron chi connectivity index (χ4n) is 2.67. The van der Waals surface area contributed by atoms with Crippen LogP contribution in [0.2, 0.25) is 0 Å². The SMILES string of the molecule is CC(O)CCCCCCCCCCCCCCCS(=O)(=O)O. The van der Waals surface area contributed by atoms with E-state index < -0.39 is 10.1 Å². The third kappa shape index (κ3) is 19.9. The third-order valence-electron chi connectivity index (χ3n) is 4.02. The lowest BCUT2D eigenvalue weighted by Crippen LogP contribution is -2.03. The first-order chi connectivity index (χ1) is 10.4. The minimum Gasteiger partial charge on any atom is -0.393 e. The van der Waals surface area contributed by atoms with Crippen LogP contribution in [0.1, 0.15) is 96.8 Å². The summed E-state index contributed by atoms with van der Waals surface area (Å²) in [5, 5.41) is 9.14. The largest absolute Gasteiger partial charge is 0.393 e. The van der Waals surface area contributed by atoms with Gasteiger partial charge in [-0.05, 0) is 19.8 Å². The smallest absolute Gasteiger partial charge is 0.264 e. The number of hydrogen-bond donors (Lipinski definition) is 2. The Morgan fingerprint density at radius 2 is 1.00 bits per heavy atom. The highest BCUT2D eigenvalue weighted by Crippen LogP contribution is 2.13. The maximum atomic E-state index is 10.5. The lowest BCUT2D eigenvalue weighted by atomic mass is 10.0. The normalized spacial score (nSPS) is 13.4. The summed E-state index contributed by atoms with van der Waals surface area (Å²) in [7, 11) is -3.76. The number of aliphatic hydroxyl groups excluding tert-OH is 1. The first-order valence-electron chi connectivity index (χ1n) is 9.05. The van der Waals surface area contributed by atoms with Crippen molar-refractivity contribution in [1.29, 1.82) is 0 Å². The molecule has 0 rings (SSSR count). The molecule has 0 aliphatic carbocycles. The van der Waals surface area contributed by atoms with E-state index in [0.29, 0.717) is 6.42 Å². The quantitative estimate of drug-likeness (QED) is 0.316. The Balaban J connectivity index is 3.06. The molecule has 0 spiro atoms. The summed E-state index contributed by atoms with van der Waals surface area (Å²) in [6.07, 6.45) is 16.0. The molecular weight excluding hydrogens is 300 g/mol. The van der Waals surface area contributed by atoms with Gasteiger partial charge in [-0.3, -0.25) is 4.55 Å². The molecule has 0 fully saturated rings. The lowest BCUT2D eigenvalue weighted by molar-refractivity contribution is 0.180. The van der Waals surface area contributed by atoms with Crippen molar-refractivity contribution in [3.8, 4) is 0 Å². The summed E-state index contributed by atoms with van der Waals surface area (Å²) in [5.41, 5.74) is 0. The van der Waals surface area contributed by atoms with Gasteiger partial charge in [0.1, 0.15) is 0 Å². The molecule has 0 bridgehead atoms. The van der Waals surface area contributed by atoms with E-state index >= 15 is 0 Å². The lowest BCUT2D eigenvalue weighted by Gasteiger charge is -2.04. The van der Waals surface area contributed by atoms with E-state index in [1.807, 2.05) is 6.92 Å². The molecule has 4 nitrogen and oxygen atoms in total. The topological polar surface area (TPSA) is 74.6 Å². The second kappa shape index (κ2) is 14.5. The molecule has 0 heterocycles. The van der Waals surface area contributed by atoms with E-state index in [0.717, 1.165) is 25.7 Å². The first kappa shape index (κ1) is 21.9. The van der Waals surface area contributed by atoms with Crippen LogP contribution in [-0.2, 0) is 10.1 Å². The first-order valence-corrected chi connectivity index (χ1v) is 10.7. The van der Waals surface area contributed by atoms with Gasteiger partial charge in [0, 0.05) is 0 Å². The number of hydrogen-bond acceptors (Lipinski definition) is 3. The maximum Gasteiger partial charge on any atom is 0.264 e. The summed E-state index contributed by atoms with van der Waals surface area (Å²) in [6, 6.07) is 0. The molecule has 0 amide bonds. The summed E-state index contributed by atoms with van der Waals surface area (Å²) in [4.78, 5) is 0. The van der Waals surface area contributed by atoms with Crippen molar-refractivity contribution in [3.63, 3.8) is 0 Å². The minimum atomic E-state index is -3.76. The van der Waals surface area contributed by atoms with Gasteiger partial charge in [-0.15, -0.1) is 0 Å². The molecule has 0 aliphatic heterocycles. The summed E-state index contributed by atoms with van der Waals surface area (Å²) >= 11 is 0. The molecule has 1 atom stereocenters. The zero-order valence-electron chi connectivity index (χ0n) is 14.3. The Hall–Kier alpha value is -0.130. The fourth-order valence-corrected chi connectivity index (χ4v) is 3.24. The van der Waals surface area contributed by atoms with Gasteiger partial charge in [0.25, 0.3) is 10.1 Å². The molecular formula is C17H36O4S. The molecule has 0 aromatic carbocycles. The standard InChI is InChI=1S/C17H36O4S/c1-17(18)15-13-11-9-7-5-3-2-4-6-8-10-12-14-16-22(19,20)21/h17-18H,2-16H2,1H3,(H,19,20,21). The molecule has 0 aromatic rings. The van der Waals surface area contributed by atoms with Crippen molar-refractivity contribution in [2.24, 2.45) is 0 Å². The average Bonchev–Trinajstić information content (AvgIpc) is 2.41. The molecule has 0 radical (unpaired) electrons. The molecule has 134 valence electrons. The minimum absolute atomic E-state index is 0.0930. The van der Waals surface area contributed by atoms with E-state index in [1.54, 1.807) is 0 Å². The second-order valence-corrected chi connectivity index (χ2v) is 8.09. The monoisotopic (exact) mass is 336 g/mol. The fraction of sp³-hybridized carbons (Fsp3) is 1.00. The van der Waals surface area contributed by atoms with Crippen molar-refractivity contribution >= 4 is 10.1 Å². The van der Waals surface area contributed by atoms with Gasteiger partial charge in [-0.2, -0.15) is 8.42 Å². The van der Waals surface area contributed by atoms with Crippen molar-refractivity contribution in [2.75, 3.05) is 5.75 Å². The molecule has 1 unspecified atom stereocenters. The van der Waals surface area contributed by atoms with Gasteiger partial charge in [0.2, 0.25) is 0 Å². The Labute approximate surface area is 137 Å². The third-order valence-corrected chi connectivity index (χ3v) is 4.83. The Kier molecular flexibility index (Phi) is 14.4. The van der Waals surface area contributed by atoms with Crippen LogP contribution < -0.4 is 0 Å². The van der Waals surface area contributed by atoms with Crippen LogP contribution >= 0.6 is 0 Å². The van der Waals surface area contributed by atoms with Crippen LogP contribution in [0.15, 0.2) is 0 Å². The molecule has 0 saturated carbocycles. The number of rotatable bonds is 16. The Morgan fingerprint density at radius 1 is 0.682 bits per heavy atom. The van der Waals surface area contributed by atoms with Crippen LogP contribution in [0.25, 0.3) is 0 Å². The van der Waals surface area contributed by atoms with Crippen LogP contribution in [-0.4, -0.2) is 29.9 Å². The zero-order chi connectivity index (χ0) is 16.7. The van der Waals surface area contributed by atoms with Crippen LogP contribution in [0, 0.1) is 0 Å². The number of aliphatic hydroxyl groups is 1. The van der Waals surface area contributed by atoms with Gasteiger partial charge >= 0.3 is 0 Å². The van der Waals surface area contributed by atoms with E-state index in [2.05, 4.69) is 0 Å². The van der Waals surface area contributed by atoms with Crippen molar-refractivity contribution < 1.29 is 18.1 Å². The van der Waals surface area contributed by atoms with Gasteiger partial charge < -0.3 is 5.11 Å². The molecule has 0 saturated heterocycles. The van der Waals surface area contributed by atoms with E-state index in [4.69, 9.17) is 9.66 Å². The summed E-state index contributed by atoms with van der Waals surface area (Å²) in [6.45, 7) is 1.86. The van der Waals surface area contributed by atoms with Gasteiger partial charge in [-0.1, -0.05) is 77.0 Å². The highest BCUT2D eigenvalue weighted by molar-refractivity contribution is 7.85. The molecule has 0 aliphatic rings. The zero-order valence-corrected chi connectivity index (χ0v) is 15.1. The van der Waals surface area contributed by atoms with Gasteiger partial charge in [0.15, 0.2) is 0 Å². The van der Waals surface area contributed by atoms with Crippen LogP contribution in [0.3, 0.4) is 0 Å². The van der Waals surface area contributed by atoms with Crippen molar-refractivity contribution in [3.05, 3.63) is 0 Å². The van der Waals surface area contributed by atoms with E-state index in [1.165, 1.54) is 57.8 Å². The van der Waals surface area contributed by atoms with Crippen molar-refractivity contribution in [2.45, 2.75) is 103 Å². The molecule has 2 N–H and O–H groups in total. The van der Waals surface area contributed by atoms with Crippen LogP contribution in [0.5, 0.6) is 0 Å².